The normalized spacial score (nSPS) is 14.3. The van der Waals surface area contributed by atoms with Gasteiger partial charge < -0.3 is 14.8 Å². The zero-order valence-electron chi connectivity index (χ0n) is 18.3. The van der Waals surface area contributed by atoms with E-state index >= 15 is 0 Å². The number of carbonyl (C=O) groups is 2. The smallest absolute Gasteiger partial charge is 0.329 e. The minimum atomic E-state index is -0.600. The second-order valence-electron chi connectivity index (χ2n) is 7.46. The molecule has 9 heteroatoms. The molecule has 0 bridgehead atoms. The molecular formula is C25H21N3O6. The van der Waals surface area contributed by atoms with Gasteiger partial charge in [-0.15, -0.1) is 0 Å². The van der Waals surface area contributed by atoms with Crippen LogP contribution in [-0.2, 0) is 17.9 Å². The summed E-state index contributed by atoms with van der Waals surface area (Å²) in [7, 11) is 1.41. The molecule has 9 nitrogen and oxygen atoms in total. The lowest BCUT2D eigenvalue weighted by molar-refractivity contribution is -0.385. The number of nitrogens with one attached hydrogen (secondary N) is 1. The monoisotopic (exact) mass is 459 g/mol. The number of methoxy groups -OCH3 is 1. The van der Waals surface area contributed by atoms with Crippen molar-refractivity contribution in [3.63, 3.8) is 0 Å². The van der Waals surface area contributed by atoms with Crippen LogP contribution in [0.4, 0.5) is 10.5 Å². The number of ether oxygens (including phenoxy) is 2. The molecule has 3 aromatic carbocycles. The van der Waals surface area contributed by atoms with E-state index in [4.69, 9.17) is 9.47 Å². The summed E-state index contributed by atoms with van der Waals surface area (Å²) in [6.45, 7) is 0.276. The third-order valence-electron chi connectivity index (χ3n) is 5.19. The van der Waals surface area contributed by atoms with Gasteiger partial charge in [-0.3, -0.25) is 19.8 Å². The Balaban J connectivity index is 1.62. The maximum atomic E-state index is 12.8. The molecule has 0 radical (unpaired) electrons. The van der Waals surface area contributed by atoms with Gasteiger partial charge in [0.1, 0.15) is 12.3 Å². The fourth-order valence-electron chi connectivity index (χ4n) is 3.48. The second-order valence-corrected chi connectivity index (χ2v) is 7.46. The number of rotatable bonds is 8. The molecule has 0 aromatic heterocycles. The Morgan fingerprint density at radius 2 is 1.62 bits per heavy atom. The third-order valence-corrected chi connectivity index (χ3v) is 5.19. The van der Waals surface area contributed by atoms with E-state index in [1.807, 2.05) is 48.5 Å². The minimum absolute atomic E-state index is 0.0657. The molecule has 0 unspecified atom stereocenters. The van der Waals surface area contributed by atoms with Crippen molar-refractivity contribution in [2.75, 3.05) is 7.11 Å². The molecule has 0 spiro atoms. The van der Waals surface area contributed by atoms with Crippen LogP contribution in [0.5, 0.6) is 11.5 Å². The van der Waals surface area contributed by atoms with Crippen molar-refractivity contribution in [1.82, 2.24) is 10.2 Å². The van der Waals surface area contributed by atoms with Gasteiger partial charge in [0.15, 0.2) is 11.5 Å². The van der Waals surface area contributed by atoms with Crippen LogP contribution in [0.25, 0.3) is 6.08 Å². The number of hydrogen-bond donors (Lipinski definition) is 1. The largest absolute Gasteiger partial charge is 0.493 e. The molecule has 0 atom stereocenters. The van der Waals surface area contributed by atoms with Crippen molar-refractivity contribution in [3.05, 3.63) is 105 Å². The number of nitrogens with zero attached hydrogens (tertiary/aromatic N) is 2. The number of nitro groups is 1. The summed E-state index contributed by atoms with van der Waals surface area (Å²) in [5, 5.41) is 14.3. The summed E-state index contributed by atoms with van der Waals surface area (Å²) in [6.07, 6.45) is 1.27. The van der Waals surface area contributed by atoms with Crippen molar-refractivity contribution in [1.29, 1.82) is 0 Å². The molecule has 1 heterocycles. The molecule has 4 rings (SSSR count). The fourth-order valence-corrected chi connectivity index (χ4v) is 3.48. The van der Waals surface area contributed by atoms with Crippen molar-refractivity contribution in [3.8, 4) is 11.5 Å². The van der Waals surface area contributed by atoms with Crippen LogP contribution in [0, 0.1) is 10.1 Å². The van der Waals surface area contributed by atoms with Crippen LogP contribution in [0.2, 0.25) is 0 Å². The lowest BCUT2D eigenvalue weighted by Gasteiger charge is -2.12. The van der Waals surface area contributed by atoms with Crippen molar-refractivity contribution >= 4 is 23.7 Å². The van der Waals surface area contributed by atoms with Crippen LogP contribution in [0.3, 0.4) is 0 Å². The van der Waals surface area contributed by atoms with Gasteiger partial charge in [-0.25, -0.2) is 4.79 Å². The van der Waals surface area contributed by atoms with E-state index in [1.165, 1.54) is 25.3 Å². The summed E-state index contributed by atoms with van der Waals surface area (Å²) in [6, 6.07) is 20.4. The number of amides is 3. The van der Waals surface area contributed by atoms with Crippen molar-refractivity contribution in [2.24, 2.45) is 0 Å². The lowest BCUT2D eigenvalue weighted by Crippen LogP contribution is -2.30. The highest BCUT2D eigenvalue weighted by atomic mass is 16.6. The minimum Gasteiger partial charge on any atom is -0.493 e. The van der Waals surface area contributed by atoms with E-state index < -0.39 is 16.9 Å². The first-order chi connectivity index (χ1) is 16.5. The van der Waals surface area contributed by atoms with E-state index in [1.54, 1.807) is 12.1 Å². The summed E-state index contributed by atoms with van der Waals surface area (Å²) in [5.74, 6) is -0.134. The van der Waals surface area contributed by atoms with Gasteiger partial charge in [0.25, 0.3) is 11.6 Å². The standard InChI is InChI=1S/C25H21N3O6/c1-33-22-13-19(21(28(31)32)14-23(22)34-16-18-10-6-3-7-11-18)12-20-24(29)27(25(30)26-20)15-17-8-4-2-5-9-17/h2-14H,15-16H2,1H3,(H,26,30)/b20-12+. The molecule has 0 aliphatic carbocycles. The molecule has 1 saturated heterocycles. The number of benzene rings is 3. The Morgan fingerprint density at radius 1 is 0.971 bits per heavy atom. The Bertz CT molecular complexity index is 1260. The molecular weight excluding hydrogens is 438 g/mol. The van der Waals surface area contributed by atoms with E-state index in [2.05, 4.69) is 5.32 Å². The van der Waals surface area contributed by atoms with Crippen LogP contribution >= 0.6 is 0 Å². The maximum absolute atomic E-state index is 12.8. The van der Waals surface area contributed by atoms with Crippen molar-refractivity contribution < 1.29 is 24.0 Å². The van der Waals surface area contributed by atoms with Crippen LogP contribution < -0.4 is 14.8 Å². The number of urea groups is 1. The predicted octanol–water partition coefficient (Wildman–Crippen LogP) is 4.28. The fraction of sp³-hybridized carbons (Fsp3) is 0.120. The molecule has 1 N–H and O–H groups in total. The topological polar surface area (TPSA) is 111 Å². The number of nitro benzene ring substituents is 1. The zero-order chi connectivity index (χ0) is 24.1. The Morgan fingerprint density at radius 3 is 2.24 bits per heavy atom. The summed E-state index contributed by atoms with van der Waals surface area (Å²) in [5.41, 5.74) is 1.40. The number of hydrogen-bond acceptors (Lipinski definition) is 6. The Labute approximate surface area is 195 Å². The number of imide groups is 1. The van der Waals surface area contributed by atoms with Gasteiger partial charge in [0, 0.05) is 0 Å². The first kappa shape index (κ1) is 22.5. The van der Waals surface area contributed by atoms with E-state index in [0.29, 0.717) is 0 Å². The SMILES string of the molecule is COc1cc(/C=C2/NC(=O)N(Cc3ccccc3)C2=O)c([N+](=O)[O-])cc1OCc1ccccc1. The van der Waals surface area contributed by atoms with Gasteiger partial charge >= 0.3 is 6.03 Å². The van der Waals surface area contributed by atoms with Gasteiger partial charge in [-0.1, -0.05) is 60.7 Å². The van der Waals surface area contributed by atoms with Gasteiger partial charge in [-0.05, 0) is 23.3 Å². The van der Waals surface area contributed by atoms with Gasteiger partial charge in [0.05, 0.1) is 30.2 Å². The molecule has 3 aromatic rings. The van der Waals surface area contributed by atoms with E-state index in [-0.39, 0.29) is 41.6 Å². The van der Waals surface area contributed by atoms with Crippen LogP contribution in [0.1, 0.15) is 16.7 Å². The average Bonchev–Trinajstić information content (AvgIpc) is 3.11. The first-order valence-corrected chi connectivity index (χ1v) is 10.4. The first-order valence-electron chi connectivity index (χ1n) is 10.4. The summed E-state index contributed by atoms with van der Waals surface area (Å²) < 4.78 is 11.1. The highest BCUT2D eigenvalue weighted by Crippen LogP contribution is 2.36. The summed E-state index contributed by atoms with van der Waals surface area (Å²) >= 11 is 0. The number of carbonyl (C=O) groups excluding carboxylic acids is 2. The van der Waals surface area contributed by atoms with E-state index in [9.17, 15) is 19.7 Å². The Hall–Kier alpha value is -4.66. The molecule has 1 aliphatic rings. The van der Waals surface area contributed by atoms with Gasteiger partial charge in [-0.2, -0.15) is 0 Å². The Kier molecular flexibility index (Phi) is 6.54. The van der Waals surface area contributed by atoms with Crippen molar-refractivity contribution in [2.45, 2.75) is 13.2 Å². The highest BCUT2D eigenvalue weighted by Gasteiger charge is 2.34. The second kappa shape index (κ2) is 9.86. The highest BCUT2D eigenvalue weighted by molar-refractivity contribution is 6.14. The molecule has 172 valence electrons. The quantitative estimate of drug-likeness (QED) is 0.233. The van der Waals surface area contributed by atoms with Crippen LogP contribution in [-0.4, -0.2) is 28.9 Å². The molecule has 1 fully saturated rings. The molecule has 3 amide bonds. The van der Waals surface area contributed by atoms with Crippen LogP contribution in [0.15, 0.2) is 78.5 Å². The summed E-state index contributed by atoms with van der Waals surface area (Å²) in [4.78, 5) is 37.4. The molecule has 34 heavy (non-hydrogen) atoms. The van der Waals surface area contributed by atoms with E-state index in [0.717, 1.165) is 16.0 Å². The van der Waals surface area contributed by atoms with Gasteiger partial charge in [0.2, 0.25) is 0 Å². The molecule has 0 saturated carbocycles. The predicted molar refractivity (Wildman–Crippen MR) is 124 cm³/mol. The average molecular weight is 459 g/mol. The lowest BCUT2D eigenvalue weighted by atomic mass is 10.1. The molecule has 1 aliphatic heterocycles. The maximum Gasteiger partial charge on any atom is 0.329 e. The third kappa shape index (κ3) is 4.88. The zero-order valence-corrected chi connectivity index (χ0v) is 18.3.